The topological polar surface area (TPSA) is 217 Å². The van der Waals surface area contributed by atoms with Gasteiger partial charge in [-0.1, -0.05) is 48.6 Å². The van der Waals surface area contributed by atoms with Gasteiger partial charge >= 0.3 is 0 Å². The van der Waals surface area contributed by atoms with Crippen molar-refractivity contribution in [3.8, 4) is 5.75 Å². The number of rotatable bonds is 11. The highest BCUT2D eigenvalue weighted by Gasteiger charge is 2.24. The largest absolute Gasteiger partial charge is 0.491 e. The number of aliphatic hydroxyl groups excluding tert-OH is 1. The van der Waals surface area contributed by atoms with Crippen molar-refractivity contribution in [3.63, 3.8) is 0 Å². The minimum absolute atomic E-state index is 0. The van der Waals surface area contributed by atoms with Gasteiger partial charge in [-0.3, -0.25) is 4.79 Å². The van der Waals surface area contributed by atoms with E-state index in [0.29, 0.717) is 48.8 Å². The number of sulfone groups is 1. The highest BCUT2D eigenvalue weighted by Crippen LogP contribution is 2.28. The number of thioether (sulfide) groups is 1. The van der Waals surface area contributed by atoms with Crippen LogP contribution in [0.4, 0.5) is 5.69 Å². The minimum atomic E-state index is -2.95. The molecule has 45 heavy (non-hydrogen) atoms. The van der Waals surface area contributed by atoms with E-state index >= 15 is 0 Å². The average molecular weight is 680 g/mol. The Hall–Kier alpha value is -3.44. The molecule has 10 N–H and O–H groups in total. The molecule has 3 heterocycles. The van der Waals surface area contributed by atoms with E-state index in [1.165, 1.54) is 5.56 Å². The third kappa shape index (κ3) is 12.1. The lowest BCUT2D eigenvalue weighted by Crippen LogP contribution is -2.45. The zero-order valence-electron chi connectivity index (χ0n) is 24.7. The molecule has 1 unspecified atom stereocenters. The van der Waals surface area contributed by atoms with Crippen molar-refractivity contribution in [2.45, 2.75) is 11.0 Å². The molecular weight excluding hydrogens is 639 g/mol. The summed E-state index contributed by atoms with van der Waals surface area (Å²) < 4.78 is 29.9. The lowest BCUT2D eigenvalue weighted by atomic mass is 10.2. The van der Waals surface area contributed by atoms with Crippen LogP contribution in [-0.4, -0.2) is 101 Å². The summed E-state index contributed by atoms with van der Waals surface area (Å²) in [6, 6.07) is 20.9. The second-order valence-corrected chi connectivity index (χ2v) is 14.1. The van der Waals surface area contributed by atoms with E-state index < -0.39 is 9.84 Å². The Bertz CT molecular complexity index is 1620. The summed E-state index contributed by atoms with van der Waals surface area (Å²) in [5.74, 6) is 1.44. The Morgan fingerprint density at radius 2 is 1.80 bits per heavy atom. The van der Waals surface area contributed by atoms with Crippen molar-refractivity contribution in [1.82, 2.24) is 20.2 Å². The molecule has 0 spiro atoms. The number of benzene rings is 2. The lowest BCUT2D eigenvalue weighted by Gasteiger charge is -2.30. The second kappa shape index (κ2) is 18.5. The molecule has 0 saturated carbocycles. The number of carbonyl (C=O) groups excluding carboxylic acids is 1. The van der Waals surface area contributed by atoms with Crippen LogP contribution in [0.1, 0.15) is 16.1 Å². The van der Waals surface area contributed by atoms with Gasteiger partial charge in [-0.05, 0) is 29.8 Å². The number of nitrogens with one attached hydrogen (secondary N) is 3. The number of anilines is 1. The maximum atomic E-state index is 13.0. The molecule has 1 aliphatic rings. The van der Waals surface area contributed by atoms with E-state index in [2.05, 4.69) is 32.3 Å². The number of pyridine rings is 1. The molecule has 5 rings (SSSR count). The first-order chi connectivity index (χ1) is 20.7. The molecule has 1 fully saturated rings. The summed E-state index contributed by atoms with van der Waals surface area (Å²) in [7, 11) is -2.95. The van der Waals surface area contributed by atoms with Gasteiger partial charge in [0.05, 0.1) is 29.3 Å². The minimum Gasteiger partial charge on any atom is -0.491 e. The fraction of sp³-hybridized carbons (Fsp3) is 0.333. The highest BCUT2D eigenvalue weighted by molar-refractivity contribution is 7.99. The molecule has 2 aromatic carbocycles. The molecular formula is C30H41N5O7S3. The van der Waals surface area contributed by atoms with Gasteiger partial charge in [0.15, 0.2) is 9.84 Å². The van der Waals surface area contributed by atoms with Crippen LogP contribution >= 0.6 is 24.0 Å². The standard InChI is InChI=1S/C25H32N4O5S2.C5H5NS.2H2O/c26-22-14-20(34-9-8-30)12-19-13-23(28-24(19)22)25(31)27-15-21(35-17-18-4-2-1-3-5-18)16-29-6-10-36(32,33)11-7-29;7-5-3-1-2-4-6-5;;/h1-5,12-14,21,28,30H,6-11,15-17,26H2,(H,27,31);1-4H,(H,6,7);2*1H2. The van der Waals surface area contributed by atoms with Gasteiger partial charge in [-0.2, -0.15) is 11.8 Å². The average Bonchev–Trinajstić information content (AvgIpc) is 3.45. The summed E-state index contributed by atoms with van der Waals surface area (Å²) in [4.78, 5) is 21.1. The molecule has 1 aliphatic heterocycles. The fourth-order valence-electron chi connectivity index (χ4n) is 4.48. The summed E-state index contributed by atoms with van der Waals surface area (Å²) in [5.41, 5.74) is 8.83. The lowest BCUT2D eigenvalue weighted by molar-refractivity contribution is 0.0948. The molecule has 0 aliphatic carbocycles. The number of aliphatic hydroxyl groups is 1. The molecule has 15 heteroatoms. The summed E-state index contributed by atoms with van der Waals surface area (Å²) in [5, 5.41) is 12.8. The van der Waals surface area contributed by atoms with E-state index in [4.69, 9.17) is 27.8 Å². The van der Waals surface area contributed by atoms with Gasteiger partial charge in [-0.25, -0.2) is 8.42 Å². The molecule has 0 bridgehead atoms. The van der Waals surface area contributed by atoms with Crippen LogP contribution in [-0.2, 0) is 15.6 Å². The summed E-state index contributed by atoms with van der Waals surface area (Å²) in [6.45, 7) is 2.22. The second-order valence-electron chi connectivity index (χ2n) is 10.0. The Balaban J connectivity index is 0.000000693. The third-order valence-electron chi connectivity index (χ3n) is 6.74. The van der Waals surface area contributed by atoms with Gasteiger partial charge in [0.1, 0.15) is 22.7 Å². The van der Waals surface area contributed by atoms with Crippen LogP contribution in [0.15, 0.2) is 72.9 Å². The molecule has 2 aromatic heterocycles. The van der Waals surface area contributed by atoms with Gasteiger partial charge in [0.2, 0.25) is 0 Å². The van der Waals surface area contributed by atoms with Crippen LogP contribution in [0.3, 0.4) is 0 Å². The van der Waals surface area contributed by atoms with Crippen LogP contribution in [0, 0.1) is 4.64 Å². The van der Waals surface area contributed by atoms with Crippen molar-refractivity contribution in [2.75, 3.05) is 56.6 Å². The highest BCUT2D eigenvalue weighted by atomic mass is 32.2. The Morgan fingerprint density at radius 3 is 2.42 bits per heavy atom. The molecule has 1 saturated heterocycles. The Morgan fingerprint density at radius 1 is 1.09 bits per heavy atom. The number of carbonyl (C=O) groups is 1. The molecule has 246 valence electrons. The normalized spacial score (nSPS) is 14.6. The number of H-pyrrole nitrogens is 2. The van der Waals surface area contributed by atoms with Gasteiger partial charge in [0, 0.05) is 54.8 Å². The molecule has 4 aromatic rings. The van der Waals surface area contributed by atoms with Crippen molar-refractivity contribution >= 4 is 56.3 Å². The summed E-state index contributed by atoms with van der Waals surface area (Å²) in [6.07, 6.45) is 1.81. The number of aromatic amines is 2. The number of ether oxygens (including phenoxy) is 1. The SMILES string of the molecule is Nc1cc(OCCO)cc2cc(C(=O)NCC(CN3CCS(=O)(=O)CC3)SCc3ccccc3)[nH]c12.O.O.S=c1cccc[nH]1. The van der Waals surface area contributed by atoms with Crippen LogP contribution in [0.25, 0.3) is 10.9 Å². The maximum absolute atomic E-state index is 13.0. The van der Waals surface area contributed by atoms with E-state index in [1.807, 2.05) is 42.6 Å². The molecule has 0 radical (unpaired) electrons. The van der Waals surface area contributed by atoms with E-state index in [-0.39, 0.29) is 46.8 Å². The van der Waals surface area contributed by atoms with Crippen LogP contribution in [0.5, 0.6) is 5.75 Å². The van der Waals surface area contributed by atoms with E-state index in [0.717, 1.165) is 15.8 Å². The predicted octanol–water partition coefficient (Wildman–Crippen LogP) is 1.98. The van der Waals surface area contributed by atoms with Gasteiger partial charge < -0.3 is 46.7 Å². The van der Waals surface area contributed by atoms with Crippen LogP contribution in [0.2, 0.25) is 0 Å². The zero-order chi connectivity index (χ0) is 30.7. The first kappa shape index (κ1) is 37.7. The molecule has 1 amide bonds. The maximum Gasteiger partial charge on any atom is 0.267 e. The molecule has 12 nitrogen and oxygen atoms in total. The predicted molar refractivity (Wildman–Crippen MR) is 183 cm³/mol. The number of fused-ring (bicyclic) bond motifs is 1. The van der Waals surface area contributed by atoms with E-state index in [9.17, 15) is 13.2 Å². The number of nitrogens with two attached hydrogens (primary N) is 1. The summed E-state index contributed by atoms with van der Waals surface area (Å²) >= 11 is 6.51. The monoisotopic (exact) mass is 679 g/mol. The van der Waals surface area contributed by atoms with E-state index in [1.54, 1.807) is 30.0 Å². The number of hydrogen-bond acceptors (Lipinski definition) is 9. The van der Waals surface area contributed by atoms with Crippen molar-refractivity contribution in [3.05, 3.63) is 88.8 Å². The Kier molecular flexibility index (Phi) is 15.5. The first-order valence-corrected chi connectivity index (χ1v) is 17.2. The van der Waals surface area contributed by atoms with Crippen LogP contribution < -0.4 is 15.8 Å². The zero-order valence-corrected chi connectivity index (χ0v) is 27.1. The van der Waals surface area contributed by atoms with Gasteiger partial charge in [-0.15, -0.1) is 0 Å². The number of nitrogens with zero attached hydrogens (tertiary/aromatic N) is 1. The first-order valence-electron chi connectivity index (χ1n) is 13.9. The van der Waals surface area contributed by atoms with Crippen molar-refractivity contribution in [1.29, 1.82) is 0 Å². The smallest absolute Gasteiger partial charge is 0.267 e. The fourth-order valence-corrected chi connectivity index (χ4v) is 7.04. The third-order valence-corrected chi connectivity index (χ3v) is 9.89. The number of aromatic nitrogens is 2. The molecule has 1 atom stereocenters. The van der Waals surface area contributed by atoms with Crippen molar-refractivity contribution in [2.24, 2.45) is 0 Å². The number of amides is 1. The Labute approximate surface area is 271 Å². The quantitative estimate of drug-likeness (QED) is 0.116. The number of hydrogen-bond donors (Lipinski definition) is 5. The van der Waals surface area contributed by atoms with Gasteiger partial charge in [0.25, 0.3) is 5.91 Å². The number of nitrogen functional groups attached to an aromatic ring is 1. The van der Waals surface area contributed by atoms with Crippen molar-refractivity contribution < 1.29 is 34.0 Å².